The largest absolute Gasteiger partial charge is 0.382 e. The Labute approximate surface area is 96.1 Å². The second kappa shape index (κ2) is 5.90. The molecule has 0 aliphatic rings. The maximum absolute atomic E-state index is 5.52. The van der Waals surface area contributed by atoms with Crippen molar-refractivity contribution in [2.24, 2.45) is 0 Å². The van der Waals surface area contributed by atoms with Gasteiger partial charge in [-0.05, 0) is 18.6 Å². The lowest BCUT2D eigenvalue weighted by molar-refractivity contribution is 0.872. The van der Waals surface area contributed by atoms with Crippen molar-refractivity contribution in [2.45, 2.75) is 27.2 Å². The highest BCUT2D eigenvalue weighted by Crippen LogP contribution is 2.07. The third-order valence-electron chi connectivity index (χ3n) is 2.05. The van der Waals surface area contributed by atoms with Crippen molar-refractivity contribution >= 4 is 5.82 Å². The van der Waals surface area contributed by atoms with Gasteiger partial charge in [0.2, 0.25) is 0 Å². The topological polar surface area (TPSA) is 56.7 Å². The number of hydrogen-bond acceptors (Lipinski definition) is 3. The van der Waals surface area contributed by atoms with Crippen molar-refractivity contribution in [3.63, 3.8) is 0 Å². The highest BCUT2D eigenvalue weighted by molar-refractivity contribution is 5.33. The Kier molecular flexibility index (Phi) is 4.51. The van der Waals surface area contributed by atoms with E-state index in [1.54, 1.807) is 16.9 Å². The zero-order valence-corrected chi connectivity index (χ0v) is 10.0. The summed E-state index contributed by atoms with van der Waals surface area (Å²) in [5, 5.41) is 4.09. The first kappa shape index (κ1) is 12.2. The van der Waals surface area contributed by atoms with Crippen molar-refractivity contribution < 1.29 is 0 Å². The van der Waals surface area contributed by atoms with Gasteiger partial charge in [0, 0.05) is 18.0 Å². The monoisotopic (exact) mass is 218 g/mol. The van der Waals surface area contributed by atoms with Gasteiger partial charge < -0.3 is 5.73 Å². The predicted octanol–water partition coefficient (Wildman–Crippen LogP) is 2.44. The normalized spacial score (nSPS) is 9.44. The summed E-state index contributed by atoms with van der Waals surface area (Å²) in [5.41, 5.74) is 7.53. The summed E-state index contributed by atoms with van der Waals surface area (Å²) in [5.74, 6) is 0.518. The molecule has 86 valence electrons. The molecule has 2 aromatic rings. The van der Waals surface area contributed by atoms with Crippen LogP contribution in [0.4, 0.5) is 5.82 Å². The maximum atomic E-state index is 5.52. The van der Waals surface area contributed by atoms with E-state index in [1.807, 2.05) is 32.2 Å². The minimum Gasteiger partial charge on any atom is -0.382 e. The first-order chi connectivity index (χ1) is 7.79. The Bertz CT molecular complexity index is 417. The van der Waals surface area contributed by atoms with Crippen molar-refractivity contribution in [3.05, 3.63) is 36.3 Å². The first-order valence-corrected chi connectivity index (χ1v) is 5.56. The third kappa shape index (κ3) is 2.82. The SMILES string of the molecule is CC.CCc1ccc(-n2ccc(N)n2)cn1. The molecule has 0 spiro atoms. The highest BCUT2D eigenvalue weighted by Gasteiger charge is 1.98. The molecule has 0 aromatic carbocycles. The number of nitrogen functional groups attached to an aromatic ring is 1. The number of nitrogens with two attached hydrogens (primary N) is 1. The van der Waals surface area contributed by atoms with Crippen LogP contribution in [0.1, 0.15) is 26.5 Å². The lowest BCUT2D eigenvalue weighted by Gasteiger charge is -2.01. The quantitative estimate of drug-likeness (QED) is 0.842. The number of nitrogens with zero attached hydrogens (tertiary/aromatic N) is 3. The number of anilines is 1. The van der Waals surface area contributed by atoms with Crippen LogP contribution in [0.5, 0.6) is 0 Å². The second-order valence-electron chi connectivity index (χ2n) is 3.05. The molecule has 0 fully saturated rings. The van der Waals surface area contributed by atoms with E-state index in [-0.39, 0.29) is 0 Å². The lowest BCUT2D eigenvalue weighted by atomic mass is 10.3. The van der Waals surface area contributed by atoms with E-state index in [0.29, 0.717) is 5.82 Å². The molecule has 0 aliphatic heterocycles. The summed E-state index contributed by atoms with van der Waals surface area (Å²) in [6.07, 6.45) is 4.56. The fourth-order valence-corrected chi connectivity index (χ4v) is 1.24. The Morgan fingerprint density at radius 1 is 1.25 bits per heavy atom. The molecule has 0 amide bonds. The molecule has 0 aliphatic carbocycles. The van der Waals surface area contributed by atoms with Gasteiger partial charge in [-0.3, -0.25) is 4.98 Å². The van der Waals surface area contributed by atoms with Gasteiger partial charge in [-0.2, -0.15) is 5.10 Å². The number of rotatable bonds is 2. The molecule has 2 aromatic heterocycles. The highest BCUT2D eigenvalue weighted by atomic mass is 15.3. The predicted molar refractivity (Wildman–Crippen MR) is 66.5 cm³/mol. The molecule has 16 heavy (non-hydrogen) atoms. The summed E-state index contributed by atoms with van der Waals surface area (Å²) < 4.78 is 1.71. The zero-order chi connectivity index (χ0) is 12.0. The van der Waals surface area contributed by atoms with Crippen LogP contribution < -0.4 is 5.73 Å². The van der Waals surface area contributed by atoms with E-state index in [0.717, 1.165) is 17.8 Å². The molecule has 0 atom stereocenters. The fraction of sp³-hybridized carbons (Fsp3) is 0.333. The van der Waals surface area contributed by atoms with Crippen LogP contribution in [0, 0.1) is 0 Å². The van der Waals surface area contributed by atoms with E-state index in [9.17, 15) is 0 Å². The average molecular weight is 218 g/mol. The van der Waals surface area contributed by atoms with Gasteiger partial charge in [-0.25, -0.2) is 4.68 Å². The first-order valence-electron chi connectivity index (χ1n) is 5.56. The van der Waals surface area contributed by atoms with Crippen LogP contribution in [-0.4, -0.2) is 14.8 Å². The molecular weight excluding hydrogens is 200 g/mol. The molecule has 4 nitrogen and oxygen atoms in total. The number of pyridine rings is 1. The molecule has 4 heteroatoms. The molecule has 0 radical (unpaired) electrons. The van der Waals surface area contributed by atoms with Crippen LogP contribution in [0.25, 0.3) is 5.69 Å². The van der Waals surface area contributed by atoms with Gasteiger partial charge in [-0.1, -0.05) is 20.8 Å². The van der Waals surface area contributed by atoms with Crippen LogP contribution in [0.3, 0.4) is 0 Å². The molecule has 0 saturated carbocycles. The Morgan fingerprint density at radius 3 is 2.44 bits per heavy atom. The van der Waals surface area contributed by atoms with Gasteiger partial charge in [0.15, 0.2) is 0 Å². The minimum absolute atomic E-state index is 0.518. The van der Waals surface area contributed by atoms with Crippen LogP contribution in [0.15, 0.2) is 30.6 Å². The van der Waals surface area contributed by atoms with E-state index in [1.165, 1.54) is 0 Å². The average Bonchev–Trinajstić information content (AvgIpc) is 2.79. The third-order valence-corrected chi connectivity index (χ3v) is 2.05. The van der Waals surface area contributed by atoms with Crippen molar-refractivity contribution in [3.8, 4) is 5.69 Å². The minimum atomic E-state index is 0.518. The molecular formula is C12H18N4. The fourth-order valence-electron chi connectivity index (χ4n) is 1.24. The summed E-state index contributed by atoms with van der Waals surface area (Å²) in [7, 11) is 0. The number of aromatic nitrogens is 3. The molecule has 2 rings (SSSR count). The van der Waals surface area contributed by atoms with Gasteiger partial charge in [0.1, 0.15) is 5.82 Å². The van der Waals surface area contributed by atoms with E-state index in [2.05, 4.69) is 17.0 Å². The lowest BCUT2D eigenvalue weighted by Crippen LogP contribution is -1.97. The smallest absolute Gasteiger partial charge is 0.145 e. The Balaban J connectivity index is 0.000000606. The summed E-state index contributed by atoms with van der Waals surface area (Å²) >= 11 is 0. The molecule has 2 N–H and O–H groups in total. The van der Waals surface area contributed by atoms with Crippen LogP contribution in [0.2, 0.25) is 0 Å². The molecule has 0 bridgehead atoms. The van der Waals surface area contributed by atoms with Gasteiger partial charge in [0.25, 0.3) is 0 Å². The summed E-state index contributed by atoms with van der Waals surface area (Å²) in [4.78, 5) is 4.28. The van der Waals surface area contributed by atoms with Crippen molar-refractivity contribution in [1.29, 1.82) is 0 Å². The van der Waals surface area contributed by atoms with Crippen molar-refractivity contribution in [1.82, 2.24) is 14.8 Å². The van der Waals surface area contributed by atoms with Gasteiger partial charge in [0.05, 0.1) is 11.9 Å². The maximum Gasteiger partial charge on any atom is 0.145 e. The van der Waals surface area contributed by atoms with E-state index >= 15 is 0 Å². The Hall–Kier alpha value is -1.84. The number of aryl methyl sites for hydroxylation is 1. The summed E-state index contributed by atoms with van der Waals surface area (Å²) in [6, 6.07) is 5.74. The summed E-state index contributed by atoms with van der Waals surface area (Å²) in [6.45, 7) is 6.08. The van der Waals surface area contributed by atoms with Gasteiger partial charge in [-0.15, -0.1) is 0 Å². The van der Waals surface area contributed by atoms with E-state index in [4.69, 9.17) is 5.73 Å². The standard InChI is InChI=1S/C10H12N4.C2H6/c1-2-8-3-4-9(7-12-8)14-6-5-10(11)13-14;1-2/h3-7H,2H2,1H3,(H2,11,13);1-2H3. The van der Waals surface area contributed by atoms with E-state index < -0.39 is 0 Å². The second-order valence-corrected chi connectivity index (χ2v) is 3.05. The van der Waals surface area contributed by atoms with Crippen molar-refractivity contribution in [2.75, 3.05) is 5.73 Å². The molecule has 0 unspecified atom stereocenters. The van der Waals surface area contributed by atoms with Crippen LogP contribution in [-0.2, 0) is 6.42 Å². The molecule has 0 saturated heterocycles. The van der Waals surface area contributed by atoms with Crippen LogP contribution >= 0.6 is 0 Å². The number of hydrogen-bond donors (Lipinski definition) is 1. The Morgan fingerprint density at radius 2 is 2.00 bits per heavy atom. The molecule has 2 heterocycles. The zero-order valence-electron chi connectivity index (χ0n) is 10.0. The van der Waals surface area contributed by atoms with Gasteiger partial charge >= 0.3 is 0 Å².